The van der Waals surface area contributed by atoms with Crippen molar-refractivity contribution >= 4 is 34.5 Å². The van der Waals surface area contributed by atoms with Crippen LogP contribution in [0.15, 0.2) is 68.2 Å². The summed E-state index contributed by atoms with van der Waals surface area (Å²) >= 11 is 1.66. The number of fused-ring (bicyclic) bond motifs is 1. The highest BCUT2D eigenvalue weighted by atomic mass is 32.2. The van der Waals surface area contributed by atoms with E-state index in [0.717, 1.165) is 9.46 Å². The first-order valence-corrected chi connectivity index (χ1v) is 10.8. The predicted molar refractivity (Wildman–Crippen MR) is 125 cm³/mol. The van der Waals surface area contributed by atoms with Crippen LogP contribution in [0.4, 0.5) is 5.69 Å². The summed E-state index contributed by atoms with van der Waals surface area (Å²) in [5.41, 5.74) is 2.42. The van der Waals surface area contributed by atoms with Gasteiger partial charge in [-0.2, -0.15) is 0 Å². The van der Waals surface area contributed by atoms with Crippen molar-refractivity contribution in [1.82, 2.24) is 18.7 Å². The Bertz CT molecular complexity index is 1450. The Morgan fingerprint density at radius 2 is 1.78 bits per heavy atom. The number of carbonyl (C=O) groups excluding carboxylic acids is 1. The lowest BCUT2D eigenvalue weighted by atomic mass is 10.2. The number of imidazole rings is 1. The van der Waals surface area contributed by atoms with Crippen LogP contribution in [0.2, 0.25) is 0 Å². The molecule has 0 aliphatic rings. The maximum Gasteiger partial charge on any atom is 0.332 e. The van der Waals surface area contributed by atoms with Gasteiger partial charge in [-0.15, -0.1) is 0 Å². The van der Waals surface area contributed by atoms with Crippen LogP contribution in [0.1, 0.15) is 11.1 Å². The van der Waals surface area contributed by atoms with E-state index in [0.29, 0.717) is 5.69 Å². The lowest BCUT2D eigenvalue weighted by molar-refractivity contribution is -0.116. The third kappa shape index (κ3) is 4.11. The van der Waals surface area contributed by atoms with Crippen molar-refractivity contribution in [1.29, 1.82) is 0 Å². The van der Waals surface area contributed by atoms with Gasteiger partial charge in [0.15, 0.2) is 11.2 Å². The first kappa shape index (κ1) is 21.6. The van der Waals surface area contributed by atoms with Crippen molar-refractivity contribution in [3.8, 4) is 0 Å². The van der Waals surface area contributed by atoms with Crippen molar-refractivity contribution in [3.63, 3.8) is 0 Å². The lowest BCUT2D eigenvalue weighted by Gasteiger charge is -2.10. The number of nitrogens with zero attached hydrogens (tertiary/aromatic N) is 4. The lowest BCUT2D eigenvalue weighted by Crippen LogP contribution is -2.42. The number of rotatable bonds is 5. The van der Waals surface area contributed by atoms with Gasteiger partial charge in [-0.3, -0.25) is 14.2 Å². The fourth-order valence-corrected chi connectivity index (χ4v) is 4.43. The first-order chi connectivity index (χ1) is 15.2. The Balaban J connectivity index is 1.50. The minimum atomic E-state index is -0.586. The van der Waals surface area contributed by atoms with Crippen molar-refractivity contribution in [3.05, 3.63) is 80.8 Å². The average Bonchev–Trinajstić information content (AvgIpc) is 3.15. The fourth-order valence-electron chi connectivity index (χ4n) is 3.43. The highest BCUT2D eigenvalue weighted by molar-refractivity contribution is 7.99. The van der Waals surface area contributed by atoms with Gasteiger partial charge in [0.25, 0.3) is 5.56 Å². The molecule has 0 saturated heterocycles. The monoisotopic (exact) mass is 449 g/mol. The second-order valence-corrected chi connectivity index (χ2v) is 8.82. The molecule has 0 radical (unpaired) electrons. The van der Waals surface area contributed by atoms with E-state index in [-0.39, 0.29) is 17.7 Å². The third-order valence-electron chi connectivity index (χ3n) is 5.21. The summed E-state index contributed by atoms with van der Waals surface area (Å²) in [6.45, 7) is 3.75. The van der Waals surface area contributed by atoms with Crippen LogP contribution in [0, 0.1) is 13.8 Å². The van der Waals surface area contributed by atoms with Crippen molar-refractivity contribution in [2.24, 2.45) is 14.1 Å². The van der Waals surface area contributed by atoms with Gasteiger partial charge in [0.05, 0.1) is 6.33 Å². The Morgan fingerprint density at radius 1 is 1.06 bits per heavy atom. The van der Waals surface area contributed by atoms with Gasteiger partial charge in [0, 0.05) is 29.6 Å². The Hall–Kier alpha value is -3.59. The van der Waals surface area contributed by atoms with E-state index in [2.05, 4.69) is 42.3 Å². The molecule has 32 heavy (non-hydrogen) atoms. The minimum Gasteiger partial charge on any atom is -0.328 e. The van der Waals surface area contributed by atoms with Crippen LogP contribution >= 0.6 is 11.8 Å². The number of carbonyl (C=O) groups is 1. The summed E-state index contributed by atoms with van der Waals surface area (Å²) in [6.07, 6.45) is 1.47. The zero-order valence-electron chi connectivity index (χ0n) is 18.2. The molecule has 1 N–H and O–H groups in total. The number of anilines is 1. The summed E-state index contributed by atoms with van der Waals surface area (Å²) in [4.78, 5) is 44.2. The largest absolute Gasteiger partial charge is 0.332 e. The quantitative estimate of drug-likeness (QED) is 0.506. The van der Waals surface area contributed by atoms with Gasteiger partial charge < -0.3 is 9.88 Å². The SMILES string of the molecule is Cc1ccc(C)c(Sc2ccc(NC(=O)Cn3c(=O)c4c(ncn4C)n(C)c3=O)cc2)c1. The van der Waals surface area contributed by atoms with Crippen molar-refractivity contribution in [2.75, 3.05) is 5.32 Å². The second-order valence-electron chi connectivity index (χ2n) is 7.70. The molecule has 8 nitrogen and oxygen atoms in total. The van der Waals surface area contributed by atoms with E-state index >= 15 is 0 Å². The van der Waals surface area contributed by atoms with Gasteiger partial charge in [0.1, 0.15) is 6.54 Å². The third-order valence-corrected chi connectivity index (χ3v) is 6.38. The van der Waals surface area contributed by atoms with Crippen LogP contribution < -0.4 is 16.6 Å². The molecule has 0 bridgehead atoms. The fraction of sp³-hybridized carbons (Fsp3) is 0.217. The molecule has 0 saturated carbocycles. The molecule has 0 aliphatic heterocycles. The molecule has 9 heteroatoms. The highest BCUT2D eigenvalue weighted by Crippen LogP contribution is 2.31. The topological polar surface area (TPSA) is 90.9 Å². The molecular formula is C23H23N5O3S. The standard InChI is InChI=1S/C23H23N5O3S/c1-14-5-6-15(2)18(11-14)32-17-9-7-16(8-10-17)25-19(29)12-28-22(30)20-21(24-13-26(20)3)27(4)23(28)31/h5-11,13H,12H2,1-4H3,(H,25,29). The molecule has 2 aromatic heterocycles. The molecule has 4 aromatic rings. The van der Waals surface area contributed by atoms with Gasteiger partial charge in [-0.05, 0) is 55.3 Å². The highest BCUT2D eigenvalue weighted by Gasteiger charge is 2.17. The van der Waals surface area contributed by atoms with E-state index < -0.39 is 17.2 Å². The Morgan fingerprint density at radius 3 is 2.50 bits per heavy atom. The van der Waals surface area contributed by atoms with Crippen LogP contribution in [-0.4, -0.2) is 24.6 Å². The van der Waals surface area contributed by atoms with Crippen LogP contribution in [0.5, 0.6) is 0 Å². The number of aromatic nitrogens is 4. The number of benzene rings is 2. The van der Waals surface area contributed by atoms with Gasteiger partial charge in [-0.1, -0.05) is 23.9 Å². The first-order valence-electron chi connectivity index (χ1n) is 10.0. The van der Waals surface area contributed by atoms with Crippen LogP contribution in [0.3, 0.4) is 0 Å². The van der Waals surface area contributed by atoms with E-state index in [1.54, 1.807) is 30.9 Å². The molecule has 164 valence electrons. The Kier molecular flexibility index (Phi) is 5.75. The van der Waals surface area contributed by atoms with E-state index in [9.17, 15) is 14.4 Å². The average molecular weight is 450 g/mol. The zero-order valence-corrected chi connectivity index (χ0v) is 19.1. The maximum absolute atomic E-state index is 12.7. The smallest absolute Gasteiger partial charge is 0.328 e. The number of aryl methyl sites for hydroxylation is 4. The minimum absolute atomic E-state index is 0.271. The van der Waals surface area contributed by atoms with Gasteiger partial charge >= 0.3 is 5.69 Å². The predicted octanol–water partition coefficient (Wildman–Crippen LogP) is 2.84. The van der Waals surface area contributed by atoms with Crippen molar-refractivity contribution in [2.45, 2.75) is 30.2 Å². The summed E-state index contributed by atoms with van der Waals surface area (Å²) in [5, 5.41) is 2.75. The molecule has 0 atom stereocenters. The zero-order chi connectivity index (χ0) is 23.0. The molecule has 0 fully saturated rings. The van der Waals surface area contributed by atoms with Crippen LogP contribution in [-0.2, 0) is 25.4 Å². The van der Waals surface area contributed by atoms with Crippen molar-refractivity contribution < 1.29 is 4.79 Å². The Labute approximate surface area is 188 Å². The van der Waals surface area contributed by atoms with E-state index in [1.165, 1.54) is 38.5 Å². The molecule has 2 heterocycles. The molecule has 2 aromatic carbocycles. The summed E-state index contributed by atoms with van der Waals surface area (Å²) in [6, 6.07) is 13.8. The number of nitrogens with one attached hydrogen (secondary N) is 1. The van der Waals surface area contributed by atoms with Crippen LogP contribution in [0.25, 0.3) is 11.2 Å². The van der Waals surface area contributed by atoms with E-state index in [4.69, 9.17) is 0 Å². The molecule has 1 amide bonds. The molecule has 0 spiro atoms. The summed E-state index contributed by atoms with van der Waals surface area (Å²) < 4.78 is 3.73. The molecule has 0 unspecified atom stereocenters. The molecule has 4 rings (SSSR count). The van der Waals surface area contributed by atoms with Gasteiger partial charge in [-0.25, -0.2) is 14.3 Å². The normalized spacial score (nSPS) is 11.1. The molecule has 0 aliphatic carbocycles. The molecular weight excluding hydrogens is 426 g/mol. The summed E-state index contributed by atoms with van der Waals surface area (Å²) in [5.74, 6) is -0.458. The number of hydrogen-bond donors (Lipinski definition) is 1. The van der Waals surface area contributed by atoms with E-state index in [1.807, 2.05) is 12.1 Å². The second kappa shape index (κ2) is 8.51. The van der Waals surface area contributed by atoms with Gasteiger partial charge in [0.2, 0.25) is 5.91 Å². The maximum atomic E-state index is 12.7. The number of hydrogen-bond acceptors (Lipinski definition) is 5. The summed E-state index contributed by atoms with van der Waals surface area (Å²) in [7, 11) is 3.20. The number of amides is 1.